The molecule has 0 saturated carbocycles. The molecule has 0 spiro atoms. The van der Waals surface area contributed by atoms with Crippen molar-refractivity contribution in [1.82, 2.24) is 0 Å². The van der Waals surface area contributed by atoms with Crippen molar-refractivity contribution >= 4 is 49.0 Å². The number of hydrogen-bond donors (Lipinski definition) is 1. The molecule has 0 unspecified atom stereocenters. The first kappa shape index (κ1) is 9.31. The SMILES string of the molecule is Oc1c(Br)c(CCl)cc2sccc12. The predicted molar refractivity (Wildman–Crippen MR) is 60.7 cm³/mol. The summed E-state index contributed by atoms with van der Waals surface area (Å²) < 4.78 is 1.77. The first-order valence-corrected chi connectivity index (χ1v) is 5.88. The average Bonchev–Trinajstić information content (AvgIpc) is 2.59. The molecular formula is C9H6BrClOS. The highest BCUT2D eigenvalue weighted by Crippen LogP contribution is 2.38. The molecule has 1 nitrogen and oxygen atoms in total. The first-order chi connectivity index (χ1) is 6.24. The number of halogens is 2. The summed E-state index contributed by atoms with van der Waals surface area (Å²) in [6.07, 6.45) is 0. The van der Waals surface area contributed by atoms with Crippen molar-refractivity contribution in [2.45, 2.75) is 5.88 Å². The predicted octanol–water partition coefficient (Wildman–Crippen LogP) is 4.11. The van der Waals surface area contributed by atoms with Crippen molar-refractivity contribution in [2.24, 2.45) is 0 Å². The molecule has 0 aliphatic rings. The number of phenolic OH excluding ortho intramolecular Hbond substituents is 1. The van der Waals surface area contributed by atoms with Crippen LogP contribution in [0.4, 0.5) is 0 Å². The summed E-state index contributed by atoms with van der Waals surface area (Å²) in [6.45, 7) is 0. The molecule has 0 bridgehead atoms. The van der Waals surface area contributed by atoms with E-state index in [-0.39, 0.29) is 5.75 Å². The van der Waals surface area contributed by atoms with Gasteiger partial charge in [0.2, 0.25) is 0 Å². The maximum Gasteiger partial charge on any atom is 0.138 e. The Morgan fingerprint density at radius 3 is 3.00 bits per heavy atom. The highest BCUT2D eigenvalue weighted by Gasteiger charge is 2.10. The van der Waals surface area contributed by atoms with Gasteiger partial charge in [0.15, 0.2) is 0 Å². The molecule has 4 heteroatoms. The zero-order valence-corrected chi connectivity index (χ0v) is 9.71. The molecule has 0 fully saturated rings. The molecule has 0 amide bonds. The number of thiophene rings is 1. The number of phenols is 1. The van der Waals surface area contributed by atoms with Crippen LogP contribution in [-0.2, 0) is 5.88 Å². The fourth-order valence-corrected chi connectivity index (χ4v) is 2.91. The first-order valence-electron chi connectivity index (χ1n) is 3.67. The van der Waals surface area contributed by atoms with E-state index in [0.29, 0.717) is 10.4 Å². The molecule has 0 aliphatic heterocycles. The Bertz CT molecular complexity index is 452. The lowest BCUT2D eigenvalue weighted by atomic mass is 10.2. The molecule has 1 N–H and O–H groups in total. The zero-order valence-electron chi connectivity index (χ0n) is 6.55. The van der Waals surface area contributed by atoms with E-state index in [2.05, 4.69) is 15.9 Å². The molecule has 0 saturated heterocycles. The highest BCUT2D eigenvalue weighted by atomic mass is 79.9. The van der Waals surface area contributed by atoms with E-state index in [0.717, 1.165) is 15.6 Å². The fourth-order valence-electron chi connectivity index (χ4n) is 1.22. The molecule has 1 heterocycles. The Kier molecular flexibility index (Phi) is 2.49. The third-order valence-electron chi connectivity index (χ3n) is 1.89. The number of alkyl halides is 1. The quantitative estimate of drug-likeness (QED) is 0.778. The Hall–Kier alpha value is -0.250. The van der Waals surface area contributed by atoms with Crippen LogP contribution >= 0.6 is 38.9 Å². The lowest BCUT2D eigenvalue weighted by molar-refractivity contribution is 0.478. The average molecular weight is 278 g/mol. The van der Waals surface area contributed by atoms with Gasteiger partial charge in [0.25, 0.3) is 0 Å². The van der Waals surface area contributed by atoms with Gasteiger partial charge in [0.05, 0.1) is 4.47 Å². The minimum atomic E-state index is 0.286. The van der Waals surface area contributed by atoms with Crippen molar-refractivity contribution in [3.05, 3.63) is 27.5 Å². The molecule has 2 aromatic rings. The number of benzene rings is 1. The summed E-state index contributed by atoms with van der Waals surface area (Å²) >= 11 is 10.7. The number of hydrogen-bond acceptors (Lipinski definition) is 2. The largest absolute Gasteiger partial charge is 0.506 e. The maximum absolute atomic E-state index is 9.76. The monoisotopic (exact) mass is 276 g/mol. The third-order valence-corrected chi connectivity index (χ3v) is 3.93. The van der Waals surface area contributed by atoms with E-state index in [1.165, 1.54) is 0 Å². The van der Waals surface area contributed by atoms with E-state index in [9.17, 15) is 5.11 Å². The van der Waals surface area contributed by atoms with Crippen molar-refractivity contribution in [3.8, 4) is 5.75 Å². The van der Waals surface area contributed by atoms with Gasteiger partial charge in [-0.2, -0.15) is 0 Å². The lowest BCUT2D eigenvalue weighted by Gasteiger charge is -2.03. The summed E-state index contributed by atoms with van der Waals surface area (Å²) in [4.78, 5) is 0. The van der Waals surface area contributed by atoms with Gasteiger partial charge in [0.1, 0.15) is 5.75 Å². The third kappa shape index (κ3) is 1.45. The number of aromatic hydroxyl groups is 1. The molecule has 2 rings (SSSR count). The van der Waals surface area contributed by atoms with Crippen molar-refractivity contribution in [1.29, 1.82) is 0 Å². The lowest BCUT2D eigenvalue weighted by Crippen LogP contribution is -1.81. The van der Waals surface area contributed by atoms with Gasteiger partial charge in [-0.15, -0.1) is 22.9 Å². The smallest absolute Gasteiger partial charge is 0.138 e. The minimum Gasteiger partial charge on any atom is -0.506 e. The molecular weight excluding hydrogens is 272 g/mol. The standard InChI is InChI=1S/C9H6BrClOS/c10-8-5(4-11)3-7-6(9(8)12)1-2-13-7/h1-3,12H,4H2. The Morgan fingerprint density at radius 1 is 1.54 bits per heavy atom. The summed E-state index contributed by atoms with van der Waals surface area (Å²) in [5.41, 5.74) is 0.925. The number of rotatable bonds is 1. The van der Waals surface area contributed by atoms with Crippen LogP contribution in [0.5, 0.6) is 5.75 Å². The van der Waals surface area contributed by atoms with Crippen molar-refractivity contribution < 1.29 is 5.11 Å². The second kappa shape index (κ2) is 3.48. The normalized spacial score (nSPS) is 10.9. The van der Waals surface area contributed by atoms with Crippen LogP contribution in [0.3, 0.4) is 0 Å². The van der Waals surface area contributed by atoms with Gasteiger partial charge in [-0.3, -0.25) is 0 Å². The number of fused-ring (bicyclic) bond motifs is 1. The van der Waals surface area contributed by atoms with Crippen LogP contribution in [0.15, 0.2) is 22.0 Å². The van der Waals surface area contributed by atoms with Gasteiger partial charge < -0.3 is 5.11 Å². The molecule has 1 aromatic carbocycles. The summed E-state index contributed by atoms with van der Waals surface area (Å²) in [7, 11) is 0. The molecule has 0 aliphatic carbocycles. The van der Waals surface area contributed by atoms with Crippen LogP contribution in [0.2, 0.25) is 0 Å². The molecule has 1 aromatic heterocycles. The van der Waals surface area contributed by atoms with Crippen molar-refractivity contribution in [2.75, 3.05) is 0 Å². The second-order valence-corrected chi connectivity index (χ2v) is 4.67. The fraction of sp³-hybridized carbons (Fsp3) is 0.111. The van der Waals surface area contributed by atoms with Gasteiger partial charge in [-0.25, -0.2) is 0 Å². The van der Waals surface area contributed by atoms with Crippen LogP contribution in [-0.4, -0.2) is 5.11 Å². The topological polar surface area (TPSA) is 20.2 Å². The Labute approximate surface area is 93.1 Å². The van der Waals surface area contributed by atoms with Crippen LogP contribution in [0.25, 0.3) is 10.1 Å². The van der Waals surface area contributed by atoms with Crippen LogP contribution < -0.4 is 0 Å². The van der Waals surface area contributed by atoms with E-state index in [1.807, 2.05) is 17.5 Å². The van der Waals surface area contributed by atoms with Gasteiger partial charge in [-0.1, -0.05) is 0 Å². The van der Waals surface area contributed by atoms with E-state index in [4.69, 9.17) is 11.6 Å². The van der Waals surface area contributed by atoms with Gasteiger partial charge in [-0.05, 0) is 39.0 Å². The maximum atomic E-state index is 9.76. The molecule has 0 radical (unpaired) electrons. The molecule has 68 valence electrons. The minimum absolute atomic E-state index is 0.286. The Morgan fingerprint density at radius 2 is 2.31 bits per heavy atom. The van der Waals surface area contributed by atoms with Crippen LogP contribution in [0.1, 0.15) is 5.56 Å². The molecule has 13 heavy (non-hydrogen) atoms. The van der Waals surface area contributed by atoms with Gasteiger partial charge in [0, 0.05) is 16.0 Å². The summed E-state index contributed by atoms with van der Waals surface area (Å²) in [6, 6.07) is 3.90. The van der Waals surface area contributed by atoms with Gasteiger partial charge >= 0.3 is 0 Å². The second-order valence-electron chi connectivity index (χ2n) is 2.66. The van der Waals surface area contributed by atoms with Crippen molar-refractivity contribution in [3.63, 3.8) is 0 Å². The van der Waals surface area contributed by atoms with E-state index >= 15 is 0 Å². The molecule has 0 atom stereocenters. The summed E-state index contributed by atoms with van der Waals surface area (Å²) in [5, 5.41) is 12.6. The summed E-state index contributed by atoms with van der Waals surface area (Å²) in [5.74, 6) is 0.691. The highest BCUT2D eigenvalue weighted by molar-refractivity contribution is 9.10. The zero-order chi connectivity index (χ0) is 9.42. The van der Waals surface area contributed by atoms with E-state index < -0.39 is 0 Å². The van der Waals surface area contributed by atoms with Crippen LogP contribution in [0, 0.1) is 0 Å². The Balaban J connectivity index is 2.83. The van der Waals surface area contributed by atoms with E-state index in [1.54, 1.807) is 11.3 Å².